The average Bonchev–Trinajstić information content (AvgIpc) is 3.34. The Hall–Kier alpha value is -0.877. The van der Waals surface area contributed by atoms with Crippen LogP contribution in [0.1, 0.15) is 38.5 Å². The summed E-state index contributed by atoms with van der Waals surface area (Å²) in [4.78, 5) is 0. The maximum atomic E-state index is 2.99. The van der Waals surface area contributed by atoms with Gasteiger partial charge in [0.1, 0.15) is 0 Å². The van der Waals surface area contributed by atoms with E-state index in [-0.39, 0.29) is 24.8 Å². The minimum Gasteiger partial charge on any atom is -0.126 e. The summed E-state index contributed by atoms with van der Waals surface area (Å²) >= 11 is 1.69. The second kappa shape index (κ2) is 13.3. The summed E-state index contributed by atoms with van der Waals surface area (Å²) < 4.78 is 1.80. The summed E-state index contributed by atoms with van der Waals surface area (Å²) in [5.41, 5.74) is 0. The third-order valence-electron chi connectivity index (χ3n) is 4.57. The molecule has 3 aromatic carbocycles. The second-order valence-corrected chi connectivity index (χ2v) is 8.22. The van der Waals surface area contributed by atoms with Crippen LogP contribution in [0.4, 0.5) is 0 Å². The molecule has 27 heavy (non-hydrogen) atoms. The van der Waals surface area contributed by atoms with Crippen LogP contribution in [0.15, 0.2) is 72.8 Å². The number of allylic oxidation sites excluding steroid dienone is 4. The normalized spacial score (nSPS) is 14.5. The Morgan fingerprint density at radius 3 is 1.70 bits per heavy atom. The Bertz CT molecular complexity index is 821. The number of hydrogen-bond donors (Lipinski definition) is 0. The van der Waals surface area contributed by atoms with E-state index in [1.807, 2.05) is 12.2 Å². The molecule has 0 aliphatic heterocycles. The van der Waals surface area contributed by atoms with Crippen molar-refractivity contribution in [2.75, 3.05) is 0 Å². The number of benzene rings is 2. The van der Waals surface area contributed by atoms with Crippen molar-refractivity contribution in [2.24, 2.45) is 0 Å². The fourth-order valence-corrected chi connectivity index (χ4v) is 4.09. The molecule has 1 saturated carbocycles. The number of halogens is 2. The summed E-state index contributed by atoms with van der Waals surface area (Å²) in [5, 5.41) is 5.39. The van der Waals surface area contributed by atoms with Crippen LogP contribution in [-0.2, 0) is 24.2 Å². The van der Waals surface area contributed by atoms with E-state index in [2.05, 4.69) is 66.7 Å². The summed E-state index contributed by atoms with van der Waals surface area (Å²) in [6.45, 7) is 0. The molecule has 3 heteroatoms. The molecule has 0 aromatic heterocycles. The monoisotopic (exact) mass is 472 g/mol. The van der Waals surface area contributed by atoms with E-state index in [9.17, 15) is 0 Å². The first-order valence-corrected chi connectivity index (χ1v) is 10.4. The molecule has 0 spiro atoms. The standard InChI is InChI=1S/C13H9.C6H10.C5H5.2ClH.Zr/c1-3-7-12-10(5-1)9-11-6-2-4-8-13(11)12;1-2-4-6-5-3-1;1-2-4-5-3-1;;;/h1-9H;1-5H2;1-3H,4H2;2*1H;/q-1;;-1;;;+2/p-2. The fourth-order valence-electron chi connectivity index (χ4n) is 3.22. The molecule has 1 fully saturated rings. The molecule has 2 aliphatic rings. The van der Waals surface area contributed by atoms with Crippen molar-refractivity contribution in [1.82, 2.24) is 0 Å². The predicted molar refractivity (Wildman–Crippen MR) is 107 cm³/mol. The van der Waals surface area contributed by atoms with Gasteiger partial charge in [-0.2, -0.15) is 6.08 Å². The third kappa shape index (κ3) is 7.57. The van der Waals surface area contributed by atoms with Gasteiger partial charge < -0.3 is 24.8 Å². The molecule has 140 valence electrons. The molecular formula is C24H24Cl2Zr-2. The first-order valence-electron chi connectivity index (χ1n) is 9.16. The van der Waals surface area contributed by atoms with E-state index in [0.29, 0.717) is 0 Å². The van der Waals surface area contributed by atoms with Crippen molar-refractivity contribution < 1.29 is 49.0 Å². The summed E-state index contributed by atoms with van der Waals surface area (Å²) in [6, 6.07) is 19.3. The molecule has 0 heterocycles. The van der Waals surface area contributed by atoms with Gasteiger partial charge in [-0.1, -0.05) is 36.4 Å². The van der Waals surface area contributed by atoms with Crippen molar-refractivity contribution in [3.05, 3.63) is 78.9 Å². The zero-order chi connectivity index (χ0) is 17.3. The summed E-state index contributed by atoms with van der Waals surface area (Å²) in [5.74, 6) is 0. The summed E-state index contributed by atoms with van der Waals surface area (Å²) in [7, 11) is 0. The maximum Gasteiger partial charge on any atom is -0.0771 e. The van der Waals surface area contributed by atoms with E-state index >= 15 is 0 Å². The Morgan fingerprint density at radius 1 is 0.778 bits per heavy atom. The summed E-state index contributed by atoms with van der Waals surface area (Å²) in [6.07, 6.45) is 17.3. The SMILES string of the molecule is [C-]1=CC=CC1.[Cl-].[Cl-].[Zr+2]=[C]1CCCCC1.c1ccc2c(c1)[cH-]c1ccccc12. The largest absolute Gasteiger partial charge is 0.126 e. The molecule has 0 saturated heterocycles. The van der Waals surface area contributed by atoms with Gasteiger partial charge in [0.05, 0.1) is 0 Å². The van der Waals surface area contributed by atoms with Crippen LogP contribution in [-0.4, -0.2) is 3.21 Å². The van der Waals surface area contributed by atoms with Gasteiger partial charge in [0.15, 0.2) is 0 Å². The van der Waals surface area contributed by atoms with Gasteiger partial charge in [-0.3, -0.25) is 6.08 Å². The van der Waals surface area contributed by atoms with Crippen molar-refractivity contribution in [1.29, 1.82) is 0 Å². The first-order chi connectivity index (χ1) is 12.3. The minimum absolute atomic E-state index is 0. The Labute approximate surface area is 190 Å². The molecule has 2 aliphatic carbocycles. The van der Waals surface area contributed by atoms with E-state index in [1.165, 1.54) is 53.6 Å². The predicted octanol–water partition coefficient (Wildman–Crippen LogP) is 0.695. The first kappa shape index (κ1) is 24.2. The Morgan fingerprint density at radius 2 is 1.33 bits per heavy atom. The van der Waals surface area contributed by atoms with Gasteiger partial charge in [0.2, 0.25) is 0 Å². The molecule has 0 unspecified atom stereocenters. The Balaban J connectivity index is 0.000000223. The molecule has 0 radical (unpaired) electrons. The van der Waals surface area contributed by atoms with Crippen LogP contribution < -0.4 is 24.8 Å². The van der Waals surface area contributed by atoms with E-state index in [1.54, 1.807) is 27.4 Å². The van der Waals surface area contributed by atoms with Gasteiger partial charge >= 0.3 is 59.5 Å². The third-order valence-corrected chi connectivity index (χ3v) is 5.79. The number of rotatable bonds is 0. The van der Waals surface area contributed by atoms with Crippen LogP contribution in [0.5, 0.6) is 0 Å². The molecule has 3 aromatic rings. The van der Waals surface area contributed by atoms with Crippen molar-refractivity contribution in [3.63, 3.8) is 0 Å². The number of fused-ring (bicyclic) bond motifs is 3. The van der Waals surface area contributed by atoms with Crippen LogP contribution in [0.25, 0.3) is 21.5 Å². The second-order valence-electron chi connectivity index (χ2n) is 6.49. The smallest absolute Gasteiger partial charge is 0.0771 e. The minimum atomic E-state index is 0. The van der Waals surface area contributed by atoms with E-state index in [4.69, 9.17) is 0 Å². The van der Waals surface area contributed by atoms with Gasteiger partial charge in [-0.25, -0.2) is 12.2 Å². The molecule has 0 nitrogen and oxygen atoms in total. The van der Waals surface area contributed by atoms with Gasteiger partial charge in [0.25, 0.3) is 0 Å². The van der Waals surface area contributed by atoms with E-state index < -0.39 is 0 Å². The molecule has 0 N–H and O–H groups in total. The van der Waals surface area contributed by atoms with Crippen molar-refractivity contribution in [3.8, 4) is 0 Å². The molecular weight excluding hydrogens is 450 g/mol. The fraction of sp³-hybridized carbons (Fsp3) is 0.250. The topological polar surface area (TPSA) is 0 Å². The zero-order valence-electron chi connectivity index (χ0n) is 15.4. The maximum absolute atomic E-state index is 2.99. The van der Waals surface area contributed by atoms with Crippen molar-refractivity contribution >= 4 is 24.8 Å². The quantitative estimate of drug-likeness (QED) is 0.421. The number of hydrogen-bond acceptors (Lipinski definition) is 0. The molecule has 5 rings (SSSR count). The van der Waals surface area contributed by atoms with Gasteiger partial charge in [-0.15, -0.1) is 46.2 Å². The zero-order valence-corrected chi connectivity index (χ0v) is 19.4. The Kier molecular flexibility index (Phi) is 11.9. The van der Waals surface area contributed by atoms with E-state index in [0.717, 1.165) is 6.42 Å². The molecule has 0 bridgehead atoms. The van der Waals surface area contributed by atoms with Gasteiger partial charge in [0, 0.05) is 0 Å². The average molecular weight is 475 g/mol. The van der Waals surface area contributed by atoms with Crippen LogP contribution in [0.3, 0.4) is 0 Å². The molecule has 0 amide bonds. The van der Waals surface area contributed by atoms with Gasteiger partial charge in [-0.05, 0) is 0 Å². The van der Waals surface area contributed by atoms with Crippen LogP contribution >= 0.6 is 0 Å². The molecule has 0 atom stereocenters. The van der Waals surface area contributed by atoms with Crippen LogP contribution in [0, 0.1) is 6.08 Å². The van der Waals surface area contributed by atoms with Crippen LogP contribution in [0.2, 0.25) is 0 Å². The van der Waals surface area contributed by atoms with Crippen molar-refractivity contribution in [2.45, 2.75) is 38.5 Å².